The predicted molar refractivity (Wildman–Crippen MR) is 107 cm³/mol. The molecule has 0 saturated carbocycles. The maximum Gasteiger partial charge on any atom is 0.300 e. The molecule has 0 spiro atoms. The van der Waals surface area contributed by atoms with Crippen LogP contribution in [-0.4, -0.2) is 35.6 Å². The van der Waals surface area contributed by atoms with E-state index in [1.165, 1.54) is 43.2 Å². The average molecular weight is 360 g/mol. The number of likely N-dealkylation sites (tertiary alicyclic amines) is 1. The summed E-state index contributed by atoms with van der Waals surface area (Å²) in [5.41, 5.74) is 2.94. The third-order valence-corrected chi connectivity index (χ3v) is 5.75. The highest BCUT2D eigenvalue weighted by Crippen LogP contribution is 2.36. The van der Waals surface area contributed by atoms with E-state index >= 15 is 0 Å². The van der Waals surface area contributed by atoms with Crippen LogP contribution in [-0.2, 0) is 4.79 Å². The number of hydrogen-bond acceptors (Lipinski definition) is 3. The molecular weight excluding hydrogens is 326 g/mol. The Kier molecular flexibility index (Phi) is 6.87. The molecule has 1 aliphatic rings. The molecule has 1 fully saturated rings. The van der Waals surface area contributed by atoms with Crippen molar-refractivity contribution in [1.82, 2.24) is 4.90 Å². The quantitative estimate of drug-likeness (QED) is 0.763. The van der Waals surface area contributed by atoms with Crippen LogP contribution in [0.2, 0.25) is 0 Å². The van der Waals surface area contributed by atoms with Gasteiger partial charge in [-0.1, -0.05) is 39.3 Å². The van der Waals surface area contributed by atoms with Crippen LogP contribution in [0.4, 0.5) is 0 Å². The van der Waals surface area contributed by atoms with E-state index in [-0.39, 0.29) is 0 Å². The Morgan fingerprint density at radius 3 is 2.69 bits per heavy atom. The molecular formula is C22H33NO3. The summed E-state index contributed by atoms with van der Waals surface area (Å²) in [6.45, 7) is 9.34. The van der Waals surface area contributed by atoms with Gasteiger partial charge in [-0.05, 0) is 55.3 Å². The number of hydrogen-bond donors (Lipinski definition) is 1. The van der Waals surface area contributed by atoms with Gasteiger partial charge in [-0.25, -0.2) is 0 Å². The number of carboxylic acids is 1. The van der Waals surface area contributed by atoms with E-state index < -0.39 is 5.97 Å². The van der Waals surface area contributed by atoms with Crippen molar-refractivity contribution < 1.29 is 14.3 Å². The van der Waals surface area contributed by atoms with E-state index in [1.807, 2.05) is 6.07 Å². The minimum Gasteiger partial charge on any atom is -0.481 e. The van der Waals surface area contributed by atoms with Crippen molar-refractivity contribution in [3.63, 3.8) is 0 Å². The molecule has 4 nitrogen and oxygen atoms in total. The Labute approximate surface area is 157 Å². The first-order valence-electron chi connectivity index (χ1n) is 9.59. The second-order valence-corrected chi connectivity index (χ2v) is 8.32. The fourth-order valence-corrected chi connectivity index (χ4v) is 3.62. The summed E-state index contributed by atoms with van der Waals surface area (Å²) < 4.78 is 5.56. The average Bonchev–Trinajstić information content (AvgIpc) is 3.18. The van der Waals surface area contributed by atoms with E-state index in [4.69, 9.17) is 14.3 Å². The Balaban J connectivity index is 0.000000552. The van der Waals surface area contributed by atoms with Crippen molar-refractivity contribution in [2.24, 2.45) is 5.41 Å². The second kappa shape index (κ2) is 8.72. The number of likely N-dealkylation sites (N-methyl/N-ethyl adjacent to an activating group) is 1. The maximum absolute atomic E-state index is 9.00. The summed E-state index contributed by atoms with van der Waals surface area (Å²) in [5.74, 6) is -0.186. The largest absolute Gasteiger partial charge is 0.481 e. The Bertz CT molecular complexity index is 715. The first-order valence-corrected chi connectivity index (χ1v) is 9.59. The lowest BCUT2D eigenvalue weighted by molar-refractivity contribution is -0.134. The summed E-state index contributed by atoms with van der Waals surface area (Å²) >= 11 is 0. The lowest BCUT2D eigenvalue weighted by atomic mass is 9.83. The lowest BCUT2D eigenvalue weighted by Gasteiger charge is -2.26. The summed E-state index contributed by atoms with van der Waals surface area (Å²) in [4.78, 5) is 11.6. The molecule has 0 radical (unpaired) electrons. The zero-order valence-corrected chi connectivity index (χ0v) is 16.8. The van der Waals surface area contributed by atoms with Gasteiger partial charge in [0.2, 0.25) is 0 Å². The van der Waals surface area contributed by atoms with Gasteiger partial charge in [-0.15, -0.1) is 0 Å². The van der Waals surface area contributed by atoms with Gasteiger partial charge in [-0.2, -0.15) is 0 Å². The third kappa shape index (κ3) is 5.60. The fourth-order valence-electron chi connectivity index (χ4n) is 3.62. The van der Waals surface area contributed by atoms with Gasteiger partial charge in [0, 0.05) is 24.9 Å². The first-order chi connectivity index (χ1) is 12.2. The zero-order chi connectivity index (χ0) is 19.3. The molecule has 4 heteroatoms. The number of benzene rings is 1. The number of carbonyl (C=O) groups is 1. The van der Waals surface area contributed by atoms with Crippen LogP contribution in [0.15, 0.2) is 34.9 Å². The van der Waals surface area contributed by atoms with Crippen molar-refractivity contribution in [3.05, 3.63) is 36.1 Å². The molecule has 26 heavy (non-hydrogen) atoms. The standard InChI is InChI=1S/C20H29NO.C2H4O2/c1-5-20(2,3)10-8-18-12-17(14-21(18)4)16-7-6-15-9-11-22-19(15)13-16;1-2(3)4/h6-7,9,11,13,17-18H,5,8,10,12,14H2,1-4H3;1H3,(H,3,4). The summed E-state index contributed by atoms with van der Waals surface area (Å²) in [6, 6.07) is 9.49. The SMILES string of the molecule is CC(=O)O.CCC(C)(C)CCC1CC(c2ccc3ccoc3c2)CN1C. The minimum atomic E-state index is -0.833. The molecule has 0 bridgehead atoms. The molecule has 1 aliphatic heterocycles. The Morgan fingerprint density at radius 2 is 2.04 bits per heavy atom. The molecule has 1 saturated heterocycles. The molecule has 1 aromatic carbocycles. The Morgan fingerprint density at radius 1 is 1.35 bits per heavy atom. The number of carboxylic acid groups (broad SMARTS) is 1. The van der Waals surface area contributed by atoms with Crippen LogP contribution in [0.3, 0.4) is 0 Å². The van der Waals surface area contributed by atoms with E-state index in [9.17, 15) is 0 Å². The van der Waals surface area contributed by atoms with Crippen LogP contribution in [0.1, 0.15) is 64.9 Å². The third-order valence-electron chi connectivity index (χ3n) is 5.75. The molecule has 0 aliphatic carbocycles. The normalized spacial score (nSPS) is 20.8. The first kappa shape index (κ1) is 20.5. The van der Waals surface area contributed by atoms with E-state index in [1.54, 1.807) is 6.26 Å². The van der Waals surface area contributed by atoms with Crippen molar-refractivity contribution in [2.75, 3.05) is 13.6 Å². The highest BCUT2D eigenvalue weighted by Gasteiger charge is 2.31. The monoisotopic (exact) mass is 359 g/mol. The number of fused-ring (bicyclic) bond motifs is 1. The van der Waals surface area contributed by atoms with Gasteiger partial charge in [-0.3, -0.25) is 4.79 Å². The van der Waals surface area contributed by atoms with Crippen molar-refractivity contribution in [3.8, 4) is 0 Å². The smallest absolute Gasteiger partial charge is 0.300 e. The van der Waals surface area contributed by atoms with E-state index in [0.29, 0.717) is 11.3 Å². The Hall–Kier alpha value is -1.81. The van der Waals surface area contributed by atoms with Crippen LogP contribution in [0.25, 0.3) is 11.0 Å². The molecule has 1 N–H and O–H groups in total. The van der Waals surface area contributed by atoms with Crippen molar-refractivity contribution in [1.29, 1.82) is 0 Å². The van der Waals surface area contributed by atoms with Gasteiger partial charge in [0.1, 0.15) is 5.58 Å². The topological polar surface area (TPSA) is 53.7 Å². The number of aliphatic carboxylic acids is 1. The minimum absolute atomic E-state index is 0.478. The second-order valence-electron chi connectivity index (χ2n) is 8.32. The van der Waals surface area contributed by atoms with E-state index in [2.05, 4.69) is 50.9 Å². The molecule has 2 heterocycles. The molecule has 2 unspecified atom stereocenters. The fraction of sp³-hybridized carbons (Fsp3) is 0.591. The van der Waals surface area contributed by atoms with Crippen LogP contribution < -0.4 is 0 Å². The maximum atomic E-state index is 9.00. The van der Waals surface area contributed by atoms with Gasteiger partial charge in [0.25, 0.3) is 5.97 Å². The summed E-state index contributed by atoms with van der Waals surface area (Å²) in [5, 5.41) is 8.62. The van der Waals surface area contributed by atoms with Gasteiger partial charge in [0.05, 0.1) is 6.26 Å². The highest BCUT2D eigenvalue weighted by molar-refractivity contribution is 5.77. The van der Waals surface area contributed by atoms with Crippen molar-refractivity contribution in [2.45, 2.75) is 65.3 Å². The predicted octanol–water partition coefficient (Wildman–Crippen LogP) is 5.53. The number of nitrogens with zero attached hydrogens (tertiary/aromatic N) is 1. The van der Waals surface area contributed by atoms with Gasteiger partial charge < -0.3 is 14.4 Å². The molecule has 0 amide bonds. The molecule has 144 valence electrons. The zero-order valence-electron chi connectivity index (χ0n) is 16.8. The summed E-state index contributed by atoms with van der Waals surface area (Å²) in [6.07, 6.45) is 6.97. The summed E-state index contributed by atoms with van der Waals surface area (Å²) in [7, 11) is 2.29. The molecule has 1 aromatic heterocycles. The van der Waals surface area contributed by atoms with Gasteiger partial charge >= 0.3 is 0 Å². The van der Waals surface area contributed by atoms with Crippen LogP contribution >= 0.6 is 0 Å². The molecule has 3 rings (SSSR count). The molecule has 2 aromatic rings. The number of rotatable bonds is 5. The van der Waals surface area contributed by atoms with Crippen molar-refractivity contribution >= 4 is 16.9 Å². The van der Waals surface area contributed by atoms with Crippen LogP contribution in [0, 0.1) is 5.41 Å². The highest BCUT2D eigenvalue weighted by atomic mass is 16.4. The lowest BCUT2D eigenvalue weighted by Crippen LogP contribution is -2.26. The van der Waals surface area contributed by atoms with E-state index in [0.717, 1.165) is 18.5 Å². The van der Waals surface area contributed by atoms with Crippen LogP contribution in [0.5, 0.6) is 0 Å². The molecule has 2 atom stereocenters. The van der Waals surface area contributed by atoms with Gasteiger partial charge in [0.15, 0.2) is 0 Å². The number of furan rings is 1.